The Labute approximate surface area is 229 Å². The van der Waals surface area contributed by atoms with Gasteiger partial charge in [-0.3, -0.25) is 0 Å². The van der Waals surface area contributed by atoms with Crippen LogP contribution < -0.4 is 19.9 Å². The Hall–Kier alpha value is -3.18. The molecule has 3 unspecified atom stereocenters. The molecule has 1 aliphatic rings. The van der Waals surface area contributed by atoms with Crippen LogP contribution >= 0.6 is 0 Å². The second-order valence-electron chi connectivity index (χ2n) is 9.25. The highest BCUT2D eigenvalue weighted by Gasteiger charge is 2.45. The fourth-order valence-corrected chi connectivity index (χ4v) is 4.33. The van der Waals surface area contributed by atoms with E-state index >= 15 is 0 Å². The van der Waals surface area contributed by atoms with E-state index in [0.717, 1.165) is 33.9 Å². The normalized spacial score (nSPS) is 22.8. The first kappa shape index (κ1) is 28.8. The summed E-state index contributed by atoms with van der Waals surface area (Å²) in [6.45, 7) is 1.09. The molecule has 1 heterocycles. The molecule has 0 amide bonds. The van der Waals surface area contributed by atoms with Crippen LogP contribution in [0.1, 0.15) is 16.7 Å². The van der Waals surface area contributed by atoms with Crippen molar-refractivity contribution >= 4 is 0 Å². The van der Waals surface area contributed by atoms with Gasteiger partial charge in [-0.2, -0.15) is 0 Å². The molecule has 5 atom stereocenters. The second-order valence-corrected chi connectivity index (χ2v) is 9.25. The number of aliphatic hydroxyl groups excluding tert-OH is 1. The molecular weight excluding hydrogens is 502 g/mol. The minimum absolute atomic E-state index is 0.172. The molecule has 4 rings (SSSR count). The summed E-state index contributed by atoms with van der Waals surface area (Å²) in [5.41, 5.74) is 9.23. The summed E-state index contributed by atoms with van der Waals surface area (Å²) in [6, 6.07) is 22.0. The van der Waals surface area contributed by atoms with Gasteiger partial charge in [-0.15, -0.1) is 0 Å². The third-order valence-corrected chi connectivity index (χ3v) is 6.63. The van der Waals surface area contributed by atoms with Crippen molar-refractivity contribution < 1.29 is 38.3 Å². The summed E-state index contributed by atoms with van der Waals surface area (Å²) in [5.74, 6) is 2.29. The first-order valence-corrected chi connectivity index (χ1v) is 12.8. The molecule has 39 heavy (non-hydrogen) atoms. The van der Waals surface area contributed by atoms with E-state index in [-0.39, 0.29) is 19.8 Å². The van der Waals surface area contributed by atoms with E-state index in [2.05, 4.69) is 0 Å². The monoisotopic (exact) mass is 539 g/mol. The number of hydrogen-bond donors (Lipinski definition) is 2. The van der Waals surface area contributed by atoms with E-state index in [1.54, 1.807) is 21.3 Å². The molecule has 9 heteroatoms. The van der Waals surface area contributed by atoms with Crippen LogP contribution in [-0.4, -0.2) is 63.7 Å². The number of ether oxygens (including phenoxy) is 7. The Morgan fingerprint density at radius 3 is 1.49 bits per heavy atom. The van der Waals surface area contributed by atoms with Gasteiger partial charge in [-0.25, -0.2) is 0 Å². The van der Waals surface area contributed by atoms with Crippen LogP contribution in [-0.2, 0) is 38.8 Å². The lowest BCUT2D eigenvalue weighted by molar-refractivity contribution is -0.273. The van der Waals surface area contributed by atoms with Crippen LogP contribution in [0.2, 0.25) is 0 Å². The van der Waals surface area contributed by atoms with E-state index in [9.17, 15) is 5.11 Å². The third-order valence-electron chi connectivity index (χ3n) is 6.63. The molecule has 1 aliphatic heterocycles. The highest BCUT2D eigenvalue weighted by Crippen LogP contribution is 2.27. The molecule has 0 bridgehead atoms. The predicted molar refractivity (Wildman–Crippen MR) is 145 cm³/mol. The molecule has 0 aliphatic carbocycles. The van der Waals surface area contributed by atoms with Gasteiger partial charge in [-0.1, -0.05) is 36.4 Å². The molecule has 0 aromatic heterocycles. The lowest BCUT2D eigenvalue weighted by atomic mass is 9.97. The standard InChI is InChI=1S/C30H37NO8/c1-33-23-10-4-20(5-11-23)16-36-19-26-28(37-17-21-6-12-24(34-2)13-7-21)29(27(31)30(32)39-26)38-18-22-8-14-25(35-3)15-9-22/h4-15,26-30,32H,16-19,31H2,1-3H3/t26?,27?,28-,29+,30?/m0/s1. The number of aliphatic hydroxyl groups is 1. The van der Waals surface area contributed by atoms with Crippen molar-refractivity contribution in [3.63, 3.8) is 0 Å². The number of nitrogens with two attached hydrogens (primary N) is 1. The van der Waals surface area contributed by atoms with Crippen molar-refractivity contribution in [2.75, 3.05) is 27.9 Å². The van der Waals surface area contributed by atoms with Gasteiger partial charge in [0.05, 0.1) is 53.8 Å². The quantitative estimate of drug-likeness (QED) is 0.337. The topological polar surface area (TPSA) is 111 Å². The second kappa shape index (κ2) is 14.3. The Balaban J connectivity index is 1.46. The highest BCUT2D eigenvalue weighted by molar-refractivity contribution is 5.28. The molecule has 0 saturated carbocycles. The van der Waals surface area contributed by atoms with Gasteiger partial charge in [0.25, 0.3) is 0 Å². The van der Waals surface area contributed by atoms with E-state index < -0.39 is 30.6 Å². The van der Waals surface area contributed by atoms with Gasteiger partial charge >= 0.3 is 0 Å². The summed E-state index contributed by atoms with van der Waals surface area (Å²) in [4.78, 5) is 0. The molecular formula is C30H37NO8. The van der Waals surface area contributed by atoms with Crippen LogP contribution in [0.15, 0.2) is 72.8 Å². The van der Waals surface area contributed by atoms with E-state index in [4.69, 9.17) is 38.9 Å². The molecule has 1 fully saturated rings. The maximum absolute atomic E-state index is 10.6. The molecule has 0 spiro atoms. The Morgan fingerprint density at radius 1 is 0.641 bits per heavy atom. The zero-order valence-electron chi connectivity index (χ0n) is 22.5. The number of rotatable bonds is 13. The minimum atomic E-state index is -1.23. The smallest absolute Gasteiger partial charge is 0.173 e. The van der Waals surface area contributed by atoms with Gasteiger partial charge in [0.2, 0.25) is 0 Å². The Kier molecular flexibility index (Phi) is 10.5. The van der Waals surface area contributed by atoms with Gasteiger partial charge < -0.3 is 44.0 Å². The van der Waals surface area contributed by atoms with Gasteiger partial charge in [0, 0.05) is 0 Å². The fraction of sp³-hybridized carbons (Fsp3) is 0.400. The summed E-state index contributed by atoms with van der Waals surface area (Å²) in [5, 5.41) is 10.6. The lowest BCUT2D eigenvalue weighted by Gasteiger charge is -2.43. The van der Waals surface area contributed by atoms with E-state index in [1.807, 2.05) is 72.8 Å². The average Bonchev–Trinajstić information content (AvgIpc) is 2.98. The maximum atomic E-state index is 10.6. The lowest BCUT2D eigenvalue weighted by Crippen LogP contribution is -2.63. The first-order chi connectivity index (χ1) is 19.0. The number of hydrogen-bond acceptors (Lipinski definition) is 9. The van der Waals surface area contributed by atoms with Crippen LogP contribution in [0.3, 0.4) is 0 Å². The molecule has 9 nitrogen and oxygen atoms in total. The van der Waals surface area contributed by atoms with Crippen molar-refractivity contribution in [2.24, 2.45) is 5.73 Å². The first-order valence-electron chi connectivity index (χ1n) is 12.8. The van der Waals surface area contributed by atoms with Crippen molar-refractivity contribution in [3.05, 3.63) is 89.5 Å². The van der Waals surface area contributed by atoms with Crippen molar-refractivity contribution in [1.82, 2.24) is 0 Å². The molecule has 3 aromatic rings. The minimum Gasteiger partial charge on any atom is -0.497 e. The molecule has 1 saturated heterocycles. The average molecular weight is 540 g/mol. The van der Waals surface area contributed by atoms with Gasteiger partial charge in [0.15, 0.2) is 6.29 Å². The molecule has 3 aromatic carbocycles. The van der Waals surface area contributed by atoms with Crippen LogP contribution in [0.5, 0.6) is 17.2 Å². The van der Waals surface area contributed by atoms with Crippen LogP contribution in [0, 0.1) is 0 Å². The van der Waals surface area contributed by atoms with Gasteiger partial charge in [0.1, 0.15) is 35.6 Å². The van der Waals surface area contributed by atoms with Crippen molar-refractivity contribution in [3.8, 4) is 17.2 Å². The van der Waals surface area contributed by atoms with E-state index in [1.165, 1.54) is 0 Å². The predicted octanol–water partition coefficient (Wildman–Crippen LogP) is 3.44. The zero-order valence-corrected chi connectivity index (χ0v) is 22.5. The number of methoxy groups -OCH3 is 3. The van der Waals surface area contributed by atoms with Crippen LogP contribution in [0.25, 0.3) is 0 Å². The van der Waals surface area contributed by atoms with Gasteiger partial charge in [-0.05, 0) is 53.1 Å². The largest absolute Gasteiger partial charge is 0.497 e. The molecule has 210 valence electrons. The maximum Gasteiger partial charge on any atom is 0.173 e. The molecule has 3 N–H and O–H groups in total. The summed E-state index contributed by atoms with van der Waals surface area (Å²) < 4.78 is 40.2. The Morgan fingerprint density at radius 2 is 1.05 bits per heavy atom. The molecule has 0 radical (unpaired) electrons. The zero-order chi connectivity index (χ0) is 27.6. The van der Waals surface area contributed by atoms with Crippen LogP contribution in [0.4, 0.5) is 0 Å². The highest BCUT2D eigenvalue weighted by atomic mass is 16.7. The van der Waals surface area contributed by atoms with E-state index in [0.29, 0.717) is 6.61 Å². The summed E-state index contributed by atoms with van der Waals surface area (Å²) in [7, 11) is 4.87. The summed E-state index contributed by atoms with van der Waals surface area (Å²) >= 11 is 0. The fourth-order valence-electron chi connectivity index (χ4n) is 4.33. The van der Waals surface area contributed by atoms with Crippen molar-refractivity contribution in [2.45, 2.75) is 50.5 Å². The number of benzene rings is 3. The third kappa shape index (κ3) is 7.92. The summed E-state index contributed by atoms with van der Waals surface area (Å²) in [6.07, 6.45) is -3.10. The SMILES string of the molecule is COc1ccc(COCC2OC(O)C(N)[C@@H](OCc3ccc(OC)cc3)[C@H]2OCc2ccc(OC)cc2)cc1. The Bertz CT molecular complexity index is 1120. The van der Waals surface area contributed by atoms with Crippen molar-refractivity contribution in [1.29, 1.82) is 0 Å².